The number of carbonyl (C=O) groups excluding carboxylic acids is 1. The van der Waals surface area contributed by atoms with E-state index in [2.05, 4.69) is 18.7 Å². The summed E-state index contributed by atoms with van der Waals surface area (Å²) in [5, 5.41) is 0. The summed E-state index contributed by atoms with van der Waals surface area (Å²) in [5.74, 6) is 0.126. The number of hydrogen-bond acceptors (Lipinski definition) is 1. The van der Waals surface area contributed by atoms with Gasteiger partial charge in [-0.25, -0.2) is 4.39 Å². The van der Waals surface area contributed by atoms with Gasteiger partial charge in [0.05, 0.1) is 0 Å². The molecule has 0 N–H and O–H groups in total. The summed E-state index contributed by atoms with van der Waals surface area (Å²) < 4.78 is 13.0. The third kappa shape index (κ3) is 4.05. The third-order valence-electron chi connectivity index (χ3n) is 4.48. The summed E-state index contributed by atoms with van der Waals surface area (Å²) in [6, 6.07) is 7.16. The number of carbonyl (C=O) groups is 1. The first-order valence-electron chi connectivity index (χ1n) is 8.05. The maximum absolute atomic E-state index is 13.0. The fourth-order valence-corrected chi connectivity index (χ4v) is 3.37. The second-order valence-electron chi connectivity index (χ2n) is 6.49. The Morgan fingerprint density at radius 3 is 2.29 bits per heavy atom. The lowest BCUT2D eigenvalue weighted by molar-refractivity contribution is -0.135. The topological polar surface area (TPSA) is 20.3 Å². The molecule has 1 aromatic carbocycles. The van der Waals surface area contributed by atoms with Crippen molar-refractivity contribution in [1.29, 1.82) is 0 Å². The van der Waals surface area contributed by atoms with E-state index in [-0.39, 0.29) is 23.7 Å². The zero-order valence-corrected chi connectivity index (χ0v) is 13.3. The molecule has 2 nitrogen and oxygen atoms in total. The predicted octanol–water partition coefficient (Wildman–Crippen LogP) is 4.50. The molecule has 0 saturated heterocycles. The van der Waals surface area contributed by atoms with Crippen molar-refractivity contribution in [2.45, 2.75) is 70.9 Å². The molecule has 0 aliphatic heterocycles. The molecule has 1 unspecified atom stereocenters. The Morgan fingerprint density at radius 2 is 1.76 bits per heavy atom. The van der Waals surface area contributed by atoms with Crippen LogP contribution in [0.1, 0.15) is 64.4 Å². The second kappa shape index (κ2) is 7.06. The van der Waals surface area contributed by atoms with Crippen molar-refractivity contribution < 1.29 is 9.18 Å². The van der Waals surface area contributed by atoms with Gasteiger partial charge in [0, 0.05) is 18.5 Å². The molecule has 0 aromatic heterocycles. The highest BCUT2D eigenvalue weighted by molar-refractivity contribution is 5.77. The summed E-state index contributed by atoms with van der Waals surface area (Å²) in [5.41, 5.74) is 1.03. The maximum atomic E-state index is 13.0. The molecule has 2 rings (SSSR count). The van der Waals surface area contributed by atoms with E-state index < -0.39 is 0 Å². The van der Waals surface area contributed by atoms with Crippen molar-refractivity contribution in [1.82, 2.24) is 4.90 Å². The standard InChI is InChI=1S/C18H26FNO/c1-13(2)20(17-6-4-5-7-17)18(21)12-14(3)15-8-10-16(19)11-9-15/h8-11,13-14,17H,4-7,12H2,1-3H3. The summed E-state index contributed by atoms with van der Waals surface area (Å²) >= 11 is 0. The van der Waals surface area contributed by atoms with Gasteiger partial charge in [0.1, 0.15) is 5.82 Å². The van der Waals surface area contributed by atoms with E-state index in [0.29, 0.717) is 12.5 Å². The van der Waals surface area contributed by atoms with Gasteiger partial charge in [-0.3, -0.25) is 4.79 Å². The largest absolute Gasteiger partial charge is 0.337 e. The molecule has 116 valence electrons. The van der Waals surface area contributed by atoms with E-state index in [9.17, 15) is 9.18 Å². The van der Waals surface area contributed by atoms with Crippen molar-refractivity contribution in [2.75, 3.05) is 0 Å². The first-order chi connectivity index (χ1) is 9.99. The minimum atomic E-state index is -0.230. The van der Waals surface area contributed by atoms with Gasteiger partial charge in [0.2, 0.25) is 5.91 Å². The molecule has 3 heteroatoms. The normalized spacial score (nSPS) is 17.2. The number of nitrogens with zero attached hydrogens (tertiary/aromatic N) is 1. The second-order valence-corrected chi connectivity index (χ2v) is 6.49. The van der Waals surface area contributed by atoms with Crippen LogP contribution in [0.25, 0.3) is 0 Å². The van der Waals surface area contributed by atoms with Crippen LogP contribution >= 0.6 is 0 Å². The molecule has 1 saturated carbocycles. The molecule has 1 fully saturated rings. The van der Waals surface area contributed by atoms with E-state index in [1.165, 1.54) is 25.0 Å². The van der Waals surface area contributed by atoms with Crippen molar-refractivity contribution in [3.8, 4) is 0 Å². The van der Waals surface area contributed by atoms with Crippen LogP contribution in [0.2, 0.25) is 0 Å². The van der Waals surface area contributed by atoms with E-state index in [4.69, 9.17) is 0 Å². The molecular formula is C18H26FNO. The van der Waals surface area contributed by atoms with Crippen molar-refractivity contribution in [3.63, 3.8) is 0 Å². The summed E-state index contributed by atoms with van der Waals surface area (Å²) in [6.07, 6.45) is 5.23. The molecule has 1 aromatic rings. The van der Waals surface area contributed by atoms with Gasteiger partial charge in [-0.2, -0.15) is 0 Å². The minimum absolute atomic E-state index is 0.126. The lowest BCUT2D eigenvalue weighted by atomic mass is 9.96. The first-order valence-corrected chi connectivity index (χ1v) is 8.05. The number of amides is 1. The predicted molar refractivity (Wildman–Crippen MR) is 83.7 cm³/mol. The van der Waals surface area contributed by atoms with Crippen LogP contribution in [0, 0.1) is 5.82 Å². The Kier molecular flexibility index (Phi) is 5.38. The number of rotatable bonds is 5. The summed E-state index contributed by atoms with van der Waals surface area (Å²) in [6.45, 7) is 6.23. The Labute approximate surface area is 127 Å². The Morgan fingerprint density at radius 1 is 1.19 bits per heavy atom. The third-order valence-corrected chi connectivity index (χ3v) is 4.48. The van der Waals surface area contributed by atoms with Crippen molar-refractivity contribution in [2.24, 2.45) is 0 Å². The maximum Gasteiger partial charge on any atom is 0.223 e. The van der Waals surface area contributed by atoms with Gasteiger partial charge in [-0.1, -0.05) is 31.9 Å². The molecule has 1 atom stereocenters. The fraction of sp³-hybridized carbons (Fsp3) is 0.611. The van der Waals surface area contributed by atoms with Crippen LogP contribution in [-0.4, -0.2) is 22.9 Å². The highest BCUT2D eigenvalue weighted by Gasteiger charge is 2.29. The average molecular weight is 291 g/mol. The fourth-order valence-electron chi connectivity index (χ4n) is 3.37. The number of hydrogen-bond donors (Lipinski definition) is 0. The Bertz CT molecular complexity index is 463. The zero-order valence-electron chi connectivity index (χ0n) is 13.3. The lowest BCUT2D eigenvalue weighted by Crippen LogP contribution is -2.44. The average Bonchev–Trinajstić information content (AvgIpc) is 2.92. The molecule has 21 heavy (non-hydrogen) atoms. The van der Waals surface area contributed by atoms with Gasteiger partial charge in [0.15, 0.2) is 0 Å². The van der Waals surface area contributed by atoms with E-state index in [1.807, 2.05) is 6.92 Å². The van der Waals surface area contributed by atoms with Crippen LogP contribution in [-0.2, 0) is 4.79 Å². The SMILES string of the molecule is CC(CC(=O)N(C(C)C)C1CCCC1)c1ccc(F)cc1. The molecule has 0 spiro atoms. The van der Waals surface area contributed by atoms with Crippen molar-refractivity contribution in [3.05, 3.63) is 35.6 Å². The summed E-state index contributed by atoms with van der Waals surface area (Å²) in [4.78, 5) is 14.8. The number of halogens is 1. The molecule has 1 aliphatic carbocycles. The van der Waals surface area contributed by atoms with E-state index in [0.717, 1.165) is 18.4 Å². The van der Waals surface area contributed by atoms with Crippen LogP contribution in [0.3, 0.4) is 0 Å². The number of benzene rings is 1. The zero-order chi connectivity index (χ0) is 15.4. The molecule has 0 radical (unpaired) electrons. The lowest BCUT2D eigenvalue weighted by Gasteiger charge is -2.33. The highest BCUT2D eigenvalue weighted by Crippen LogP contribution is 2.28. The van der Waals surface area contributed by atoms with Crippen LogP contribution in [0.4, 0.5) is 4.39 Å². The van der Waals surface area contributed by atoms with Crippen LogP contribution in [0.15, 0.2) is 24.3 Å². The van der Waals surface area contributed by atoms with E-state index in [1.54, 1.807) is 12.1 Å². The van der Waals surface area contributed by atoms with Crippen LogP contribution < -0.4 is 0 Å². The van der Waals surface area contributed by atoms with Crippen LogP contribution in [0.5, 0.6) is 0 Å². The van der Waals surface area contributed by atoms with Gasteiger partial charge in [-0.15, -0.1) is 0 Å². The molecule has 0 bridgehead atoms. The molecular weight excluding hydrogens is 265 g/mol. The monoisotopic (exact) mass is 291 g/mol. The Hall–Kier alpha value is -1.38. The summed E-state index contributed by atoms with van der Waals surface area (Å²) in [7, 11) is 0. The van der Waals surface area contributed by atoms with Gasteiger partial charge in [-0.05, 0) is 50.3 Å². The smallest absolute Gasteiger partial charge is 0.223 e. The molecule has 0 heterocycles. The van der Waals surface area contributed by atoms with Gasteiger partial charge in [0.25, 0.3) is 0 Å². The Balaban J connectivity index is 2.02. The van der Waals surface area contributed by atoms with Gasteiger partial charge < -0.3 is 4.90 Å². The molecule has 1 aliphatic rings. The van der Waals surface area contributed by atoms with E-state index >= 15 is 0 Å². The van der Waals surface area contributed by atoms with Gasteiger partial charge >= 0.3 is 0 Å². The first kappa shape index (κ1) is 16.0. The molecule has 1 amide bonds. The highest BCUT2D eigenvalue weighted by atomic mass is 19.1. The van der Waals surface area contributed by atoms with Crippen molar-refractivity contribution >= 4 is 5.91 Å². The minimum Gasteiger partial charge on any atom is -0.337 e. The quantitative estimate of drug-likeness (QED) is 0.782.